The lowest BCUT2D eigenvalue weighted by Crippen LogP contribution is -2.30. The molecule has 1 heterocycles. The second-order valence-corrected chi connectivity index (χ2v) is 5.41. The van der Waals surface area contributed by atoms with Crippen molar-refractivity contribution in [3.63, 3.8) is 0 Å². The van der Waals surface area contributed by atoms with Crippen molar-refractivity contribution < 1.29 is 10.2 Å². The molecular weight excluding hydrogens is 254 g/mol. The number of benzene rings is 1. The van der Waals surface area contributed by atoms with E-state index in [1.54, 1.807) is 0 Å². The Morgan fingerprint density at radius 3 is 2.65 bits per heavy atom. The maximum atomic E-state index is 9.26. The molecule has 5 heteroatoms. The molecule has 0 saturated carbocycles. The molecule has 1 atom stereocenters. The van der Waals surface area contributed by atoms with Crippen molar-refractivity contribution in [2.75, 3.05) is 36.9 Å². The van der Waals surface area contributed by atoms with E-state index in [4.69, 9.17) is 10.8 Å². The summed E-state index contributed by atoms with van der Waals surface area (Å²) in [5.74, 6) is 0. The van der Waals surface area contributed by atoms with Crippen molar-refractivity contribution >= 4 is 11.4 Å². The van der Waals surface area contributed by atoms with E-state index < -0.39 is 6.10 Å². The van der Waals surface area contributed by atoms with E-state index in [1.807, 2.05) is 6.07 Å². The number of aliphatic hydroxyl groups excluding tert-OH is 2. The van der Waals surface area contributed by atoms with Gasteiger partial charge >= 0.3 is 0 Å². The van der Waals surface area contributed by atoms with Gasteiger partial charge in [0.1, 0.15) is 0 Å². The van der Waals surface area contributed by atoms with Crippen LogP contribution >= 0.6 is 0 Å². The van der Waals surface area contributed by atoms with Gasteiger partial charge in [-0.15, -0.1) is 0 Å². The van der Waals surface area contributed by atoms with Gasteiger partial charge in [0.25, 0.3) is 0 Å². The lowest BCUT2D eigenvalue weighted by atomic mass is 10.1. The van der Waals surface area contributed by atoms with Crippen LogP contribution in [0.4, 0.5) is 11.4 Å². The standard InChI is InChI=1S/C15H25N3O2/c16-14-8-12(9-17-10-13(20)11-19)4-5-15(14)18-6-2-1-3-7-18/h4-5,8,13,17,19-20H,1-3,6-7,9-11,16H2. The van der Waals surface area contributed by atoms with Crippen LogP contribution in [0.15, 0.2) is 18.2 Å². The number of rotatable bonds is 6. The van der Waals surface area contributed by atoms with Gasteiger partial charge in [0.2, 0.25) is 0 Å². The fourth-order valence-electron chi connectivity index (χ4n) is 2.58. The van der Waals surface area contributed by atoms with Gasteiger partial charge in [0.05, 0.1) is 24.1 Å². The highest BCUT2D eigenvalue weighted by molar-refractivity contribution is 5.68. The molecule has 20 heavy (non-hydrogen) atoms. The average molecular weight is 279 g/mol. The van der Waals surface area contributed by atoms with E-state index in [2.05, 4.69) is 22.3 Å². The van der Waals surface area contributed by atoms with Crippen LogP contribution in [0.3, 0.4) is 0 Å². The van der Waals surface area contributed by atoms with Crippen LogP contribution in [0.1, 0.15) is 24.8 Å². The van der Waals surface area contributed by atoms with Crippen molar-refractivity contribution in [3.05, 3.63) is 23.8 Å². The minimum absolute atomic E-state index is 0.219. The van der Waals surface area contributed by atoms with Crippen LogP contribution in [0.2, 0.25) is 0 Å². The molecule has 1 aliphatic rings. The molecule has 0 amide bonds. The van der Waals surface area contributed by atoms with Crippen LogP contribution in [-0.2, 0) is 6.54 Å². The minimum atomic E-state index is -0.708. The van der Waals surface area contributed by atoms with Crippen molar-refractivity contribution in [1.82, 2.24) is 5.32 Å². The number of nitrogens with one attached hydrogen (secondary N) is 1. The number of aliphatic hydroxyl groups is 2. The number of nitrogen functional groups attached to an aromatic ring is 1. The minimum Gasteiger partial charge on any atom is -0.397 e. The molecule has 0 bridgehead atoms. The van der Waals surface area contributed by atoms with Gasteiger partial charge < -0.3 is 26.2 Å². The van der Waals surface area contributed by atoms with Crippen molar-refractivity contribution in [3.8, 4) is 0 Å². The lowest BCUT2D eigenvalue weighted by molar-refractivity contribution is 0.0942. The van der Waals surface area contributed by atoms with Crippen molar-refractivity contribution in [1.29, 1.82) is 0 Å². The van der Waals surface area contributed by atoms with Gasteiger partial charge in [-0.1, -0.05) is 6.07 Å². The van der Waals surface area contributed by atoms with Crippen LogP contribution in [-0.4, -0.2) is 42.6 Å². The molecule has 0 aliphatic carbocycles. The molecule has 112 valence electrons. The third kappa shape index (κ3) is 4.10. The first-order chi connectivity index (χ1) is 9.70. The highest BCUT2D eigenvalue weighted by Gasteiger charge is 2.13. The Morgan fingerprint density at radius 1 is 1.25 bits per heavy atom. The summed E-state index contributed by atoms with van der Waals surface area (Å²) in [6.45, 7) is 2.98. The predicted octanol–water partition coefficient (Wildman–Crippen LogP) is 0.702. The zero-order chi connectivity index (χ0) is 14.4. The van der Waals surface area contributed by atoms with Crippen molar-refractivity contribution in [2.45, 2.75) is 31.9 Å². The largest absolute Gasteiger partial charge is 0.397 e. The number of piperidine rings is 1. The number of nitrogens with two attached hydrogens (primary N) is 1. The van der Waals surface area contributed by atoms with E-state index in [0.29, 0.717) is 13.1 Å². The molecule has 1 saturated heterocycles. The summed E-state index contributed by atoms with van der Waals surface area (Å²) in [5.41, 5.74) is 9.18. The lowest BCUT2D eigenvalue weighted by Gasteiger charge is -2.30. The number of hydrogen-bond donors (Lipinski definition) is 4. The van der Waals surface area contributed by atoms with E-state index in [9.17, 15) is 5.11 Å². The zero-order valence-electron chi connectivity index (χ0n) is 11.9. The Morgan fingerprint density at radius 2 is 2.00 bits per heavy atom. The van der Waals surface area contributed by atoms with E-state index >= 15 is 0 Å². The summed E-state index contributed by atoms with van der Waals surface area (Å²) in [6.07, 6.45) is 3.08. The topological polar surface area (TPSA) is 81.8 Å². The Kier molecular flexibility index (Phi) is 5.64. The number of nitrogens with zero attached hydrogens (tertiary/aromatic N) is 1. The third-order valence-corrected chi connectivity index (χ3v) is 3.71. The maximum Gasteiger partial charge on any atom is 0.0895 e. The Balaban J connectivity index is 1.91. The molecule has 1 aromatic rings. The van der Waals surface area contributed by atoms with Crippen LogP contribution in [0, 0.1) is 0 Å². The fraction of sp³-hybridized carbons (Fsp3) is 0.600. The molecule has 1 unspecified atom stereocenters. The number of anilines is 2. The molecule has 0 radical (unpaired) electrons. The van der Waals surface area contributed by atoms with Gasteiger partial charge in [-0.05, 0) is 37.0 Å². The summed E-state index contributed by atoms with van der Waals surface area (Å²) >= 11 is 0. The van der Waals surface area contributed by atoms with Gasteiger partial charge in [0.15, 0.2) is 0 Å². The summed E-state index contributed by atoms with van der Waals surface area (Å²) in [4.78, 5) is 2.35. The molecule has 0 aromatic heterocycles. The third-order valence-electron chi connectivity index (χ3n) is 3.71. The molecule has 1 aliphatic heterocycles. The Labute approximate surface area is 120 Å². The Bertz CT molecular complexity index is 420. The summed E-state index contributed by atoms with van der Waals surface area (Å²) in [5, 5.41) is 21.1. The molecular formula is C15H25N3O2. The monoisotopic (exact) mass is 279 g/mol. The SMILES string of the molecule is Nc1cc(CNCC(O)CO)ccc1N1CCCCC1. The summed E-state index contributed by atoms with van der Waals surface area (Å²) in [7, 11) is 0. The highest BCUT2D eigenvalue weighted by atomic mass is 16.3. The first-order valence-corrected chi connectivity index (χ1v) is 7.33. The van der Waals surface area contributed by atoms with Gasteiger partial charge in [0, 0.05) is 26.2 Å². The van der Waals surface area contributed by atoms with Crippen LogP contribution in [0.25, 0.3) is 0 Å². The summed E-state index contributed by atoms with van der Waals surface area (Å²) < 4.78 is 0. The highest BCUT2D eigenvalue weighted by Crippen LogP contribution is 2.27. The van der Waals surface area contributed by atoms with E-state index in [0.717, 1.165) is 30.0 Å². The van der Waals surface area contributed by atoms with E-state index in [-0.39, 0.29) is 6.61 Å². The van der Waals surface area contributed by atoms with E-state index in [1.165, 1.54) is 19.3 Å². The smallest absolute Gasteiger partial charge is 0.0895 e. The summed E-state index contributed by atoms with van der Waals surface area (Å²) in [6, 6.07) is 6.14. The molecule has 5 nitrogen and oxygen atoms in total. The second kappa shape index (κ2) is 7.47. The van der Waals surface area contributed by atoms with Crippen LogP contribution < -0.4 is 16.0 Å². The molecule has 1 aromatic carbocycles. The predicted molar refractivity (Wildman–Crippen MR) is 81.7 cm³/mol. The normalized spacial score (nSPS) is 17.2. The van der Waals surface area contributed by atoms with Crippen molar-refractivity contribution in [2.24, 2.45) is 0 Å². The molecule has 2 rings (SSSR count). The first-order valence-electron chi connectivity index (χ1n) is 7.33. The second-order valence-electron chi connectivity index (χ2n) is 5.41. The quantitative estimate of drug-likeness (QED) is 0.576. The van der Waals surface area contributed by atoms with Gasteiger partial charge in [-0.2, -0.15) is 0 Å². The molecule has 1 fully saturated rings. The number of hydrogen-bond acceptors (Lipinski definition) is 5. The zero-order valence-corrected chi connectivity index (χ0v) is 11.9. The van der Waals surface area contributed by atoms with Crippen LogP contribution in [0.5, 0.6) is 0 Å². The molecule has 0 spiro atoms. The Hall–Kier alpha value is -1.30. The average Bonchev–Trinajstić information content (AvgIpc) is 2.48. The van der Waals surface area contributed by atoms with Gasteiger partial charge in [-0.25, -0.2) is 0 Å². The van der Waals surface area contributed by atoms with Gasteiger partial charge in [-0.3, -0.25) is 0 Å². The first kappa shape index (κ1) is 15.1. The fourth-order valence-corrected chi connectivity index (χ4v) is 2.58. The molecule has 5 N–H and O–H groups in total. The maximum absolute atomic E-state index is 9.26.